The lowest BCUT2D eigenvalue weighted by atomic mass is 10.0. The molecule has 0 spiro atoms. The van der Waals surface area contributed by atoms with Crippen molar-refractivity contribution in [3.63, 3.8) is 0 Å². The molecule has 0 bridgehead atoms. The Morgan fingerprint density at radius 1 is 1.14 bits per heavy atom. The topological polar surface area (TPSA) is 66.9 Å². The molecule has 3 aromatic rings. The second-order valence-corrected chi connectivity index (χ2v) is 12.4. The van der Waals surface area contributed by atoms with Gasteiger partial charge < -0.3 is 9.64 Å². The first-order chi connectivity index (χ1) is 17.1. The maximum Gasteiger partial charge on any atom is 0.243 e. The largest absolute Gasteiger partial charge is 0.491 e. The summed E-state index contributed by atoms with van der Waals surface area (Å²) in [6, 6.07) is 14.1. The van der Waals surface area contributed by atoms with Crippen molar-refractivity contribution in [3.8, 4) is 5.75 Å². The molecule has 0 saturated heterocycles. The number of halogens is 1. The zero-order valence-electron chi connectivity index (χ0n) is 20.7. The molecule has 1 amide bonds. The van der Waals surface area contributed by atoms with Gasteiger partial charge in [-0.3, -0.25) is 4.79 Å². The molecule has 1 aliphatic heterocycles. The van der Waals surface area contributed by atoms with Crippen LogP contribution < -0.4 is 4.74 Å². The number of carbonyl (C=O) groups is 1. The number of rotatable bonds is 9. The smallest absolute Gasteiger partial charge is 0.243 e. The van der Waals surface area contributed by atoms with E-state index < -0.39 is 10.0 Å². The van der Waals surface area contributed by atoms with Gasteiger partial charge in [0.25, 0.3) is 0 Å². The van der Waals surface area contributed by atoms with Crippen LogP contribution in [0.2, 0.25) is 0 Å². The Balaban J connectivity index is 1.57. The molecule has 6 nitrogen and oxygen atoms in total. The second-order valence-electron chi connectivity index (χ2n) is 9.42. The first-order valence-corrected chi connectivity index (χ1v) is 14.3. The van der Waals surface area contributed by atoms with Gasteiger partial charge in [0.15, 0.2) is 0 Å². The molecule has 1 atom stereocenters. The SMILES string of the molecule is Cc1ccc(S(=O)(=O)N(CC(=O)N2CCc3sccc3C2COc2ccc(F)cc2)CC(C)C)cc1. The lowest BCUT2D eigenvalue weighted by molar-refractivity contribution is -0.135. The maximum atomic E-state index is 13.6. The molecular formula is C27H31FN2O4S2. The minimum absolute atomic E-state index is 0.0421. The summed E-state index contributed by atoms with van der Waals surface area (Å²) in [7, 11) is -3.85. The van der Waals surface area contributed by atoms with E-state index in [1.54, 1.807) is 52.6 Å². The van der Waals surface area contributed by atoms with Crippen molar-refractivity contribution in [2.45, 2.75) is 38.1 Å². The summed E-state index contributed by atoms with van der Waals surface area (Å²) in [5.74, 6) is -0.0668. The number of ether oxygens (including phenoxy) is 1. The normalized spacial score (nSPS) is 15.8. The number of benzene rings is 2. The number of aryl methyl sites for hydroxylation is 1. The number of amides is 1. The Morgan fingerprint density at radius 3 is 2.50 bits per heavy atom. The Labute approximate surface area is 216 Å². The number of fused-ring (bicyclic) bond motifs is 1. The molecule has 36 heavy (non-hydrogen) atoms. The van der Waals surface area contributed by atoms with Gasteiger partial charge in [0.1, 0.15) is 18.2 Å². The van der Waals surface area contributed by atoms with Gasteiger partial charge in [-0.1, -0.05) is 31.5 Å². The summed E-state index contributed by atoms with van der Waals surface area (Å²) in [6.07, 6.45) is 0.709. The average molecular weight is 531 g/mol. The van der Waals surface area contributed by atoms with Crippen LogP contribution in [-0.2, 0) is 21.2 Å². The summed E-state index contributed by atoms with van der Waals surface area (Å²) >= 11 is 1.64. The Kier molecular flexibility index (Phi) is 8.12. The van der Waals surface area contributed by atoms with Gasteiger partial charge in [0.2, 0.25) is 15.9 Å². The summed E-state index contributed by atoms with van der Waals surface area (Å²) in [6.45, 7) is 6.41. The molecule has 2 aromatic carbocycles. The molecule has 1 aliphatic rings. The molecule has 0 radical (unpaired) electrons. The van der Waals surface area contributed by atoms with Crippen LogP contribution in [-0.4, -0.2) is 49.8 Å². The molecule has 1 unspecified atom stereocenters. The standard InChI is InChI=1S/C27H31FN2O4S2/c1-19(2)16-29(36(32,33)23-10-4-20(3)5-11-23)17-27(31)30-14-12-26-24(13-15-35-26)25(30)18-34-22-8-6-21(28)7-9-22/h4-11,13,15,19,25H,12,14,16-18H2,1-3H3. The summed E-state index contributed by atoms with van der Waals surface area (Å²) in [5, 5.41) is 2.00. The van der Waals surface area contributed by atoms with E-state index in [1.165, 1.54) is 21.3 Å². The van der Waals surface area contributed by atoms with Crippen LogP contribution in [0.25, 0.3) is 0 Å². The van der Waals surface area contributed by atoms with E-state index in [4.69, 9.17) is 4.74 Å². The Hall–Kier alpha value is -2.75. The molecule has 0 N–H and O–H groups in total. The number of hydrogen-bond acceptors (Lipinski definition) is 5. The van der Waals surface area contributed by atoms with Crippen LogP contribution in [0.3, 0.4) is 0 Å². The van der Waals surface area contributed by atoms with Crippen LogP contribution in [0.5, 0.6) is 5.75 Å². The average Bonchev–Trinajstić information content (AvgIpc) is 3.32. The number of carbonyl (C=O) groups excluding carboxylic acids is 1. The fourth-order valence-electron chi connectivity index (χ4n) is 4.34. The van der Waals surface area contributed by atoms with E-state index in [0.29, 0.717) is 18.7 Å². The van der Waals surface area contributed by atoms with Crippen LogP contribution in [0, 0.1) is 18.7 Å². The molecule has 0 aliphatic carbocycles. The highest BCUT2D eigenvalue weighted by atomic mass is 32.2. The van der Waals surface area contributed by atoms with Crippen molar-refractivity contribution in [2.75, 3.05) is 26.2 Å². The molecule has 9 heteroatoms. The third-order valence-electron chi connectivity index (χ3n) is 6.18. The van der Waals surface area contributed by atoms with E-state index in [2.05, 4.69) is 0 Å². The second kappa shape index (κ2) is 11.1. The van der Waals surface area contributed by atoms with E-state index in [-0.39, 0.29) is 48.3 Å². The lowest BCUT2D eigenvalue weighted by Crippen LogP contribution is -2.48. The zero-order chi connectivity index (χ0) is 25.9. The zero-order valence-corrected chi connectivity index (χ0v) is 22.3. The monoisotopic (exact) mass is 530 g/mol. The van der Waals surface area contributed by atoms with E-state index in [1.807, 2.05) is 32.2 Å². The van der Waals surface area contributed by atoms with Crippen LogP contribution in [0.15, 0.2) is 64.9 Å². The van der Waals surface area contributed by atoms with Crippen molar-refractivity contribution >= 4 is 27.3 Å². The van der Waals surface area contributed by atoms with Crippen molar-refractivity contribution in [2.24, 2.45) is 5.92 Å². The first kappa shape index (κ1) is 26.3. The molecule has 1 aromatic heterocycles. The molecule has 2 heterocycles. The van der Waals surface area contributed by atoms with Gasteiger partial charge >= 0.3 is 0 Å². The fraction of sp³-hybridized carbons (Fsp3) is 0.370. The van der Waals surface area contributed by atoms with Crippen molar-refractivity contribution < 1.29 is 22.3 Å². The van der Waals surface area contributed by atoms with E-state index >= 15 is 0 Å². The van der Waals surface area contributed by atoms with E-state index in [0.717, 1.165) is 11.1 Å². The number of nitrogens with zero attached hydrogens (tertiary/aromatic N) is 2. The Bertz CT molecular complexity index is 1290. The highest BCUT2D eigenvalue weighted by molar-refractivity contribution is 7.89. The predicted octanol–water partition coefficient (Wildman–Crippen LogP) is 5.05. The van der Waals surface area contributed by atoms with E-state index in [9.17, 15) is 17.6 Å². The molecule has 4 rings (SSSR count). The Morgan fingerprint density at radius 2 is 1.83 bits per heavy atom. The van der Waals surface area contributed by atoms with Gasteiger partial charge in [-0.25, -0.2) is 12.8 Å². The highest BCUT2D eigenvalue weighted by Crippen LogP contribution is 2.34. The fourth-order valence-corrected chi connectivity index (χ4v) is 6.82. The van der Waals surface area contributed by atoms with Crippen molar-refractivity contribution in [1.82, 2.24) is 9.21 Å². The molecular weight excluding hydrogens is 499 g/mol. The first-order valence-electron chi connectivity index (χ1n) is 12.0. The van der Waals surface area contributed by atoms with Crippen LogP contribution >= 0.6 is 11.3 Å². The highest BCUT2D eigenvalue weighted by Gasteiger charge is 2.35. The molecule has 0 saturated carbocycles. The van der Waals surface area contributed by atoms with Crippen molar-refractivity contribution in [1.29, 1.82) is 0 Å². The van der Waals surface area contributed by atoms with Gasteiger partial charge in [0.05, 0.1) is 17.5 Å². The van der Waals surface area contributed by atoms with Gasteiger partial charge in [-0.15, -0.1) is 11.3 Å². The quantitative estimate of drug-likeness (QED) is 0.389. The number of hydrogen-bond donors (Lipinski definition) is 0. The molecule has 192 valence electrons. The van der Waals surface area contributed by atoms with Crippen molar-refractivity contribution in [3.05, 3.63) is 81.8 Å². The van der Waals surface area contributed by atoms with Crippen LogP contribution in [0.4, 0.5) is 4.39 Å². The predicted molar refractivity (Wildman–Crippen MR) is 139 cm³/mol. The minimum Gasteiger partial charge on any atom is -0.491 e. The number of thiophene rings is 1. The summed E-state index contributed by atoms with van der Waals surface area (Å²) < 4.78 is 47.5. The number of sulfonamides is 1. The van der Waals surface area contributed by atoms with Crippen LogP contribution in [0.1, 0.15) is 35.9 Å². The van der Waals surface area contributed by atoms with Gasteiger partial charge in [-0.2, -0.15) is 4.31 Å². The summed E-state index contributed by atoms with van der Waals surface area (Å²) in [4.78, 5) is 16.7. The summed E-state index contributed by atoms with van der Waals surface area (Å²) in [5.41, 5.74) is 1.97. The third-order valence-corrected chi connectivity index (χ3v) is 9.00. The third kappa shape index (κ3) is 5.96. The lowest BCUT2D eigenvalue weighted by Gasteiger charge is -2.37. The maximum absolute atomic E-state index is 13.6. The van der Waals surface area contributed by atoms with Gasteiger partial charge in [0, 0.05) is 18.0 Å². The van der Waals surface area contributed by atoms with Gasteiger partial charge in [-0.05, 0) is 72.7 Å². The molecule has 0 fully saturated rings. The minimum atomic E-state index is -3.85.